The van der Waals surface area contributed by atoms with E-state index in [1.165, 1.54) is 18.9 Å². The van der Waals surface area contributed by atoms with Crippen LogP contribution < -0.4 is 4.90 Å². The van der Waals surface area contributed by atoms with Crippen molar-refractivity contribution >= 4 is 12.0 Å². The minimum atomic E-state index is -0.299. The van der Waals surface area contributed by atoms with Crippen LogP contribution in [0.2, 0.25) is 0 Å². The van der Waals surface area contributed by atoms with Gasteiger partial charge in [-0.25, -0.2) is 4.39 Å². The molecule has 1 aromatic rings. The fraction of sp³-hybridized carbons (Fsp3) is 0.462. The summed E-state index contributed by atoms with van der Waals surface area (Å²) in [6.45, 7) is 3.75. The normalized spacial score (nSPS) is 14.9. The summed E-state index contributed by atoms with van der Waals surface area (Å²) >= 11 is 0. The molecule has 0 aliphatic heterocycles. The van der Waals surface area contributed by atoms with E-state index in [0.717, 1.165) is 19.0 Å². The van der Waals surface area contributed by atoms with Gasteiger partial charge in [-0.2, -0.15) is 0 Å². The monoisotopic (exact) mass is 221 g/mol. The number of anilines is 1. The van der Waals surface area contributed by atoms with Gasteiger partial charge in [-0.3, -0.25) is 4.79 Å². The maximum atomic E-state index is 13.7. The van der Waals surface area contributed by atoms with Gasteiger partial charge < -0.3 is 4.90 Å². The van der Waals surface area contributed by atoms with Gasteiger partial charge in [0.25, 0.3) is 0 Å². The average molecular weight is 221 g/mol. The Balaban J connectivity index is 2.18. The minimum Gasteiger partial charge on any atom is -0.369 e. The summed E-state index contributed by atoms with van der Waals surface area (Å²) < 4.78 is 13.7. The van der Waals surface area contributed by atoms with Crippen LogP contribution in [0.1, 0.15) is 30.1 Å². The SMILES string of the molecule is CCN(CC1CC1)c1ccc(C=O)cc1F. The summed E-state index contributed by atoms with van der Waals surface area (Å²) in [7, 11) is 0. The summed E-state index contributed by atoms with van der Waals surface area (Å²) in [5.74, 6) is 0.428. The van der Waals surface area contributed by atoms with Gasteiger partial charge in [0.1, 0.15) is 12.1 Å². The Bertz CT molecular complexity index is 388. The molecule has 3 heteroatoms. The molecule has 0 bridgehead atoms. The molecule has 0 atom stereocenters. The Morgan fingerprint density at radius 3 is 2.75 bits per heavy atom. The molecule has 0 unspecified atom stereocenters. The first-order valence-electron chi connectivity index (χ1n) is 5.74. The molecule has 2 nitrogen and oxygen atoms in total. The molecule has 1 aromatic carbocycles. The Kier molecular flexibility index (Phi) is 3.22. The van der Waals surface area contributed by atoms with Crippen molar-refractivity contribution in [3.8, 4) is 0 Å². The van der Waals surface area contributed by atoms with Gasteiger partial charge in [0.2, 0.25) is 0 Å². The first kappa shape index (κ1) is 11.1. The molecule has 86 valence electrons. The number of halogens is 1. The smallest absolute Gasteiger partial charge is 0.150 e. The van der Waals surface area contributed by atoms with Crippen molar-refractivity contribution in [2.75, 3.05) is 18.0 Å². The topological polar surface area (TPSA) is 20.3 Å². The lowest BCUT2D eigenvalue weighted by molar-refractivity contribution is 0.112. The molecule has 2 rings (SSSR count). The van der Waals surface area contributed by atoms with Crippen LogP contribution in [0.15, 0.2) is 18.2 Å². The third-order valence-electron chi connectivity index (χ3n) is 3.01. The van der Waals surface area contributed by atoms with Gasteiger partial charge in [0.15, 0.2) is 0 Å². The van der Waals surface area contributed by atoms with E-state index in [0.29, 0.717) is 17.5 Å². The van der Waals surface area contributed by atoms with Crippen LogP contribution in [0.25, 0.3) is 0 Å². The Morgan fingerprint density at radius 1 is 1.50 bits per heavy atom. The van der Waals surface area contributed by atoms with E-state index in [4.69, 9.17) is 0 Å². The van der Waals surface area contributed by atoms with Crippen molar-refractivity contribution in [3.63, 3.8) is 0 Å². The van der Waals surface area contributed by atoms with E-state index >= 15 is 0 Å². The third-order valence-corrected chi connectivity index (χ3v) is 3.01. The highest BCUT2D eigenvalue weighted by Gasteiger charge is 2.24. The van der Waals surface area contributed by atoms with Gasteiger partial charge in [-0.15, -0.1) is 0 Å². The van der Waals surface area contributed by atoms with Crippen LogP contribution in [-0.4, -0.2) is 19.4 Å². The molecular weight excluding hydrogens is 205 g/mol. The van der Waals surface area contributed by atoms with Crippen LogP contribution in [0.5, 0.6) is 0 Å². The number of carbonyl (C=O) groups is 1. The van der Waals surface area contributed by atoms with Crippen molar-refractivity contribution in [2.45, 2.75) is 19.8 Å². The summed E-state index contributed by atoms with van der Waals surface area (Å²) in [4.78, 5) is 12.6. The third kappa shape index (κ3) is 2.40. The van der Waals surface area contributed by atoms with Crippen LogP contribution in [-0.2, 0) is 0 Å². The van der Waals surface area contributed by atoms with Crippen LogP contribution in [0, 0.1) is 11.7 Å². The molecule has 1 fully saturated rings. The number of carbonyl (C=O) groups excluding carboxylic acids is 1. The number of benzene rings is 1. The molecule has 0 amide bonds. The average Bonchev–Trinajstić information content (AvgIpc) is 3.10. The van der Waals surface area contributed by atoms with Crippen molar-refractivity contribution in [2.24, 2.45) is 5.92 Å². The largest absolute Gasteiger partial charge is 0.369 e. The highest BCUT2D eigenvalue weighted by atomic mass is 19.1. The molecule has 1 aliphatic carbocycles. The highest BCUT2D eigenvalue weighted by Crippen LogP contribution is 2.32. The van der Waals surface area contributed by atoms with E-state index in [-0.39, 0.29) is 5.82 Å². The zero-order chi connectivity index (χ0) is 11.5. The van der Waals surface area contributed by atoms with Gasteiger partial charge in [0, 0.05) is 18.7 Å². The Morgan fingerprint density at radius 2 is 2.25 bits per heavy atom. The molecular formula is C13H16FNO. The molecule has 0 aromatic heterocycles. The van der Waals surface area contributed by atoms with Gasteiger partial charge in [0.05, 0.1) is 5.69 Å². The maximum absolute atomic E-state index is 13.7. The second-order valence-electron chi connectivity index (χ2n) is 4.31. The minimum absolute atomic E-state index is 0.299. The van der Waals surface area contributed by atoms with E-state index < -0.39 is 0 Å². The summed E-state index contributed by atoms with van der Waals surface area (Å²) in [6.07, 6.45) is 3.18. The van der Waals surface area contributed by atoms with Crippen molar-refractivity contribution in [1.29, 1.82) is 0 Å². The molecule has 0 N–H and O–H groups in total. The lowest BCUT2D eigenvalue weighted by Crippen LogP contribution is -2.26. The van der Waals surface area contributed by atoms with Gasteiger partial charge >= 0.3 is 0 Å². The van der Waals surface area contributed by atoms with E-state index in [1.54, 1.807) is 12.1 Å². The molecule has 1 saturated carbocycles. The first-order chi connectivity index (χ1) is 7.74. The Labute approximate surface area is 95.1 Å². The Hall–Kier alpha value is -1.38. The van der Waals surface area contributed by atoms with Crippen LogP contribution in [0.3, 0.4) is 0 Å². The maximum Gasteiger partial charge on any atom is 0.150 e. The summed E-state index contributed by atoms with van der Waals surface area (Å²) in [5, 5.41) is 0. The van der Waals surface area contributed by atoms with Gasteiger partial charge in [-0.1, -0.05) is 0 Å². The molecule has 1 aliphatic rings. The number of nitrogens with zero attached hydrogens (tertiary/aromatic N) is 1. The number of aldehydes is 1. The van der Waals surface area contributed by atoms with Crippen LogP contribution >= 0.6 is 0 Å². The van der Waals surface area contributed by atoms with Gasteiger partial charge in [-0.05, 0) is 43.9 Å². The number of rotatable bonds is 5. The zero-order valence-corrected chi connectivity index (χ0v) is 9.45. The quantitative estimate of drug-likeness (QED) is 0.712. The second-order valence-corrected chi connectivity index (χ2v) is 4.31. The molecule has 0 spiro atoms. The first-order valence-corrected chi connectivity index (χ1v) is 5.74. The molecule has 0 radical (unpaired) electrons. The zero-order valence-electron chi connectivity index (χ0n) is 9.45. The van der Waals surface area contributed by atoms with Crippen molar-refractivity contribution in [1.82, 2.24) is 0 Å². The lowest BCUT2D eigenvalue weighted by Gasteiger charge is -2.23. The van der Waals surface area contributed by atoms with E-state index in [1.807, 2.05) is 11.8 Å². The molecule has 0 saturated heterocycles. The second kappa shape index (κ2) is 4.64. The standard InChI is InChI=1S/C13H16FNO/c1-2-15(8-10-3-4-10)13-6-5-11(9-16)7-12(13)14/h5-7,9-10H,2-4,8H2,1H3. The fourth-order valence-corrected chi connectivity index (χ4v) is 1.86. The van der Waals surface area contributed by atoms with Crippen molar-refractivity contribution < 1.29 is 9.18 Å². The molecule has 16 heavy (non-hydrogen) atoms. The van der Waals surface area contributed by atoms with Crippen LogP contribution in [0.4, 0.5) is 10.1 Å². The predicted octanol–water partition coefficient (Wildman–Crippen LogP) is 2.87. The molecule has 0 heterocycles. The van der Waals surface area contributed by atoms with Crippen molar-refractivity contribution in [3.05, 3.63) is 29.6 Å². The summed E-state index contributed by atoms with van der Waals surface area (Å²) in [5.41, 5.74) is 1.00. The lowest BCUT2D eigenvalue weighted by atomic mass is 10.2. The highest BCUT2D eigenvalue weighted by molar-refractivity contribution is 5.76. The summed E-state index contributed by atoms with van der Waals surface area (Å²) in [6, 6.07) is 4.67. The van der Waals surface area contributed by atoms with E-state index in [9.17, 15) is 9.18 Å². The predicted molar refractivity (Wildman–Crippen MR) is 62.4 cm³/mol. The van der Waals surface area contributed by atoms with E-state index in [2.05, 4.69) is 0 Å². The number of hydrogen-bond donors (Lipinski definition) is 0. The number of hydrogen-bond acceptors (Lipinski definition) is 2. The fourth-order valence-electron chi connectivity index (χ4n) is 1.86.